The first-order valence-electron chi connectivity index (χ1n) is 15.5. The maximum Gasteiger partial charge on any atom is 0.251 e. The highest BCUT2D eigenvalue weighted by atomic mass is 32.3. The zero-order chi connectivity index (χ0) is 29.3. The lowest BCUT2D eigenvalue weighted by Crippen LogP contribution is -2.54. The van der Waals surface area contributed by atoms with Gasteiger partial charge >= 0.3 is 0 Å². The first-order chi connectivity index (χ1) is 19.7. The average molecular weight is 587 g/mol. The number of nitrogens with one attached hydrogen (secondary N) is 3. The van der Waals surface area contributed by atoms with Crippen LogP contribution in [0, 0.1) is 0 Å². The van der Waals surface area contributed by atoms with E-state index in [9.17, 15) is 19.0 Å². The number of aliphatic hydroxyl groups excluding tert-OH is 1. The molecule has 1 aliphatic carbocycles. The standard InChI is InChI=1S/C32H50N4O4S/c1-3-15-32(16-9-6-10-17-32)34-24-30(37)29(20-25-13-7-5-8-14-25)35-31(38)26-21-27(33-4-2)23-28(22-26)36-18-11-12-19-41(36,39)40/h5,7-8,13-14,21-23,29-30,33-34,37,39-40H,3-4,6,9-12,15-20,24H2,1-2H3,(H,35,38). The van der Waals surface area contributed by atoms with Crippen molar-refractivity contribution in [1.29, 1.82) is 0 Å². The second-order valence-corrected chi connectivity index (χ2v) is 13.9. The number of carbonyl (C=O) groups excluding carboxylic acids is 1. The van der Waals surface area contributed by atoms with Crippen molar-refractivity contribution in [3.8, 4) is 0 Å². The van der Waals surface area contributed by atoms with Crippen LogP contribution in [0.5, 0.6) is 0 Å². The Hall–Kier alpha value is -2.30. The first kappa shape index (κ1) is 31.6. The quantitative estimate of drug-likeness (QED) is 0.166. The molecular formula is C32H50N4O4S. The van der Waals surface area contributed by atoms with Gasteiger partial charge in [-0.15, -0.1) is 10.8 Å². The number of rotatable bonds is 13. The van der Waals surface area contributed by atoms with Crippen LogP contribution < -0.4 is 20.3 Å². The van der Waals surface area contributed by atoms with Gasteiger partial charge in [0.25, 0.3) is 5.91 Å². The Morgan fingerprint density at radius 1 is 1.02 bits per heavy atom. The van der Waals surface area contributed by atoms with Crippen molar-refractivity contribution < 1.29 is 19.0 Å². The van der Waals surface area contributed by atoms with Crippen molar-refractivity contribution in [3.63, 3.8) is 0 Å². The normalized spacial score (nSPS) is 20.6. The lowest BCUT2D eigenvalue weighted by molar-refractivity contribution is 0.0784. The number of benzene rings is 2. The summed E-state index contributed by atoms with van der Waals surface area (Å²) in [6.07, 6.45) is 9.47. The molecular weight excluding hydrogens is 536 g/mol. The van der Waals surface area contributed by atoms with E-state index < -0.39 is 22.9 Å². The fourth-order valence-electron chi connectivity index (χ4n) is 6.39. The van der Waals surface area contributed by atoms with Crippen LogP contribution in [0.15, 0.2) is 48.5 Å². The van der Waals surface area contributed by atoms with Crippen LogP contribution in [0.4, 0.5) is 11.4 Å². The molecule has 0 aromatic heterocycles. The highest BCUT2D eigenvalue weighted by Crippen LogP contribution is 2.50. The third kappa shape index (κ3) is 8.61. The highest BCUT2D eigenvalue weighted by Gasteiger charge is 2.33. The van der Waals surface area contributed by atoms with Crippen LogP contribution in [0.25, 0.3) is 0 Å². The van der Waals surface area contributed by atoms with Gasteiger partial charge in [0.1, 0.15) is 0 Å². The molecule has 2 aliphatic rings. The largest absolute Gasteiger partial charge is 0.390 e. The fourth-order valence-corrected chi connectivity index (χ4v) is 8.06. The van der Waals surface area contributed by atoms with Gasteiger partial charge in [-0.25, -0.2) is 0 Å². The van der Waals surface area contributed by atoms with E-state index in [0.29, 0.717) is 43.1 Å². The van der Waals surface area contributed by atoms with E-state index in [1.54, 1.807) is 16.4 Å². The van der Waals surface area contributed by atoms with Crippen molar-refractivity contribution in [2.24, 2.45) is 0 Å². The molecule has 1 saturated carbocycles. The molecule has 1 saturated heterocycles. The maximum absolute atomic E-state index is 13.8. The van der Waals surface area contributed by atoms with E-state index >= 15 is 0 Å². The summed E-state index contributed by atoms with van der Waals surface area (Å²) in [7, 11) is -2.93. The fraction of sp³-hybridized carbons (Fsp3) is 0.594. The molecule has 2 aromatic carbocycles. The summed E-state index contributed by atoms with van der Waals surface area (Å²) in [5, 5.41) is 21.6. The summed E-state index contributed by atoms with van der Waals surface area (Å²) in [6, 6.07) is 14.8. The van der Waals surface area contributed by atoms with Crippen molar-refractivity contribution in [3.05, 3.63) is 59.7 Å². The van der Waals surface area contributed by atoms with Crippen LogP contribution >= 0.6 is 10.8 Å². The summed E-state index contributed by atoms with van der Waals surface area (Å²) >= 11 is 0. The van der Waals surface area contributed by atoms with Gasteiger partial charge in [0.15, 0.2) is 0 Å². The molecule has 1 aliphatic heterocycles. The molecule has 9 heteroatoms. The van der Waals surface area contributed by atoms with Gasteiger partial charge in [-0.3, -0.25) is 18.2 Å². The number of nitrogens with zero attached hydrogens (tertiary/aromatic N) is 1. The van der Waals surface area contributed by atoms with Crippen LogP contribution in [-0.4, -0.2) is 63.2 Å². The molecule has 1 heterocycles. The molecule has 8 nitrogen and oxygen atoms in total. The van der Waals surface area contributed by atoms with Crippen LogP contribution in [0.1, 0.15) is 87.6 Å². The van der Waals surface area contributed by atoms with Crippen LogP contribution in [0.3, 0.4) is 0 Å². The molecule has 4 rings (SSSR count). The zero-order valence-electron chi connectivity index (χ0n) is 24.8. The maximum atomic E-state index is 13.8. The zero-order valence-corrected chi connectivity index (χ0v) is 25.6. The van der Waals surface area contributed by atoms with Crippen LogP contribution in [0.2, 0.25) is 0 Å². The van der Waals surface area contributed by atoms with E-state index in [1.165, 1.54) is 19.3 Å². The summed E-state index contributed by atoms with van der Waals surface area (Å²) in [5.74, 6) is 0.0399. The molecule has 0 bridgehead atoms. The monoisotopic (exact) mass is 586 g/mol. The number of carbonyl (C=O) groups is 1. The molecule has 2 aromatic rings. The Labute approximate surface area is 247 Å². The second kappa shape index (κ2) is 14.7. The van der Waals surface area contributed by atoms with E-state index in [-0.39, 0.29) is 11.4 Å². The number of hydrogen-bond acceptors (Lipinski definition) is 7. The molecule has 1 amide bonds. The smallest absolute Gasteiger partial charge is 0.251 e. The summed E-state index contributed by atoms with van der Waals surface area (Å²) < 4.78 is 23.1. The van der Waals surface area contributed by atoms with Crippen molar-refractivity contribution in [1.82, 2.24) is 10.6 Å². The van der Waals surface area contributed by atoms with E-state index in [4.69, 9.17) is 0 Å². The Kier molecular flexibility index (Phi) is 11.4. The molecule has 6 N–H and O–H groups in total. The number of aliphatic hydroxyl groups is 1. The van der Waals surface area contributed by atoms with Gasteiger partial charge in [0.05, 0.1) is 23.6 Å². The molecule has 2 fully saturated rings. The summed E-state index contributed by atoms with van der Waals surface area (Å²) in [4.78, 5) is 13.8. The van der Waals surface area contributed by atoms with E-state index in [0.717, 1.165) is 49.8 Å². The minimum atomic E-state index is -2.93. The van der Waals surface area contributed by atoms with Crippen LogP contribution in [-0.2, 0) is 6.42 Å². The Balaban J connectivity index is 1.55. The van der Waals surface area contributed by atoms with Crippen molar-refractivity contribution in [2.45, 2.75) is 95.7 Å². The summed E-state index contributed by atoms with van der Waals surface area (Å²) in [5.41, 5.74) is 2.89. The third-order valence-corrected chi connectivity index (χ3v) is 10.5. The SMILES string of the molecule is CCCC1(NCC(O)C(Cc2ccccc2)NC(=O)c2cc(NCC)cc(N3CCCCS3(O)O)c2)CCCCC1. The molecule has 2 atom stereocenters. The average Bonchev–Trinajstić information content (AvgIpc) is 2.96. The van der Waals surface area contributed by atoms with Gasteiger partial charge in [-0.1, -0.05) is 62.9 Å². The first-order valence-corrected chi connectivity index (χ1v) is 17.1. The lowest BCUT2D eigenvalue weighted by atomic mass is 9.78. The minimum Gasteiger partial charge on any atom is -0.390 e. The van der Waals surface area contributed by atoms with E-state index in [1.807, 2.05) is 43.3 Å². The second-order valence-electron chi connectivity index (χ2n) is 11.8. The lowest BCUT2D eigenvalue weighted by Gasteiger charge is -2.47. The van der Waals surface area contributed by atoms with Crippen molar-refractivity contribution >= 4 is 28.1 Å². The number of β-amino-alcohol motifs (C(OH)–C–C–N with tert-alkyl or cyclic N) is 1. The number of anilines is 2. The molecule has 0 spiro atoms. The van der Waals surface area contributed by atoms with Gasteiger partial charge in [0, 0.05) is 36.4 Å². The Morgan fingerprint density at radius 2 is 1.78 bits per heavy atom. The predicted octanol–water partition coefficient (Wildman–Crippen LogP) is 6.18. The number of amides is 1. The van der Waals surface area contributed by atoms with Gasteiger partial charge < -0.3 is 21.1 Å². The van der Waals surface area contributed by atoms with Gasteiger partial charge in [-0.05, 0) is 69.2 Å². The summed E-state index contributed by atoms with van der Waals surface area (Å²) in [6.45, 7) is 5.80. The van der Waals surface area contributed by atoms with Gasteiger partial charge in [-0.2, -0.15) is 0 Å². The third-order valence-electron chi connectivity index (χ3n) is 8.54. The Bertz CT molecular complexity index is 1100. The Morgan fingerprint density at radius 3 is 2.46 bits per heavy atom. The molecule has 228 valence electrons. The molecule has 41 heavy (non-hydrogen) atoms. The highest BCUT2D eigenvalue weighted by molar-refractivity contribution is 8.25. The topological polar surface area (TPSA) is 117 Å². The minimum absolute atomic E-state index is 0.0577. The molecule has 2 unspecified atom stereocenters. The van der Waals surface area contributed by atoms with E-state index in [2.05, 4.69) is 22.9 Å². The van der Waals surface area contributed by atoms with Crippen molar-refractivity contribution in [2.75, 3.05) is 35.0 Å². The molecule has 0 radical (unpaired) electrons. The van der Waals surface area contributed by atoms with Gasteiger partial charge in [0.2, 0.25) is 0 Å². The predicted molar refractivity (Wildman–Crippen MR) is 171 cm³/mol. The number of hydrogen-bond donors (Lipinski definition) is 6.